The van der Waals surface area contributed by atoms with E-state index in [1.165, 1.54) is 5.56 Å². The summed E-state index contributed by atoms with van der Waals surface area (Å²) in [5.41, 5.74) is 7.11. The molecule has 0 radical (unpaired) electrons. The average Bonchev–Trinajstić information content (AvgIpc) is 2.28. The van der Waals surface area contributed by atoms with E-state index < -0.39 is 5.60 Å². The second kappa shape index (κ2) is 5.69. The van der Waals surface area contributed by atoms with Gasteiger partial charge in [0.25, 0.3) is 0 Å². The Morgan fingerprint density at radius 3 is 2.78 bits per heavy atom. The first-order chi connectivity index (χ1) is 8.57. The molecule has 3 N–H and O–H groups in total. The Kier molecular flexibility index (Phi) is 4.22. The molecule has 0 amide bonds. The van der Waals surface area contributed by atoms with Crippen molar-refractivity contribution in [1.82, 2.24) is 4.90 Å². The van der Waals surface area contributed by atoms with Crippen LogP contribution in [0.25, 0.3) is 0 Å². The van der Waals surface area contributed by atoms with Gasteiger partial charge in [0.2, 0.25) is 0 Å². The average molecular weight is 250 g/mol. The number of nitrogens with zero attached hydrogens (tertiary/aromatic N) is 1. The van der Waals surface area contributed by atoms with Crippen molar-refractivity contribution in [2.45, 2.75) is 25.0 Å². The number of aliphatic hydroxyl groups is 1. The summed E-state index contributed by atoms with van der Waals surface area (Å²) in [7, 11) is 2.02. The highest BCUT2D eigenvalue weighted by Gasteiger charge is 2.30. The van der Waals surface area contributed by atoms with Gasteiger partial charge in [0.05, 0.1) is 5.60 Å². The van der Waals surface area contributed by atoms with E-state index in [4.69, 9.17) is 10.5 Å². The summed E-state index contributed by atoms with van der Waals surface area (Å²) in [6.45, 7) is 2.78. The molecule has 0 bridgehead atoms. The van der Waals surface area contributed by atoms with Gasteiger partial charge < -0.3 is 15.6 Å². The maximum absolute atomic E-state index is 10.4. The summed E-state index contributed by atoms with van der Waals surface area (Å²) in [4.78, 5) is 2.14. The minimum Gasteiger partial charge on any atom is -0.399 e. The Morgan fingerprint density at radius 2 is 2.11 bits per heavy atom. The zero-order valence-corrected chi connectivity index (χ0v) is 10.9. The number of anilines is 1. The fourth-order valence-corrected chi connectivity index (χ4v) is 2.47. The Bertz CT molecular complexity index is 389. The van der Waals surface area contributed by atoms with Crippen LogP contribution in [0.4, 0.5) is 5.69 Å². The first kappa shape index (κ1) is 13.3. The fraction of sp³-hybridized carbons (Fsp3) is 0.571. The monoisotopic (exact) mass is 250 g/mol. The highest BCUT2D eigenvalue weighted by atomic mass is 16.5. The van der Waals surface area contributed by atoms with Crippen LogP contribution in [0.15, 0.2) is 24.3 Å². The summed E-state index contributed by atoms with van der Waals surface area (Å²) < 4.78 is 5.29. The molecule has 0 spiro atoms. The van der Waals surface area contributed by atoms with Gasteiger partial charge in [-0.2, -0.15) is 0 Å². The van der Waals surface area contributed by atoms with E-state index in [0.29, 0.717) is 32.6 Å². The molecule has 0 aliphatic carbocycles. The maximum Gasteiger partial charge on any atom is 0.0817 e. The van der Waals surface area contributed by atoms with Crippen LogP contribution in [0.2, 0.25) is 0 Å². The van der Waals surface area contributed by atoms with E-state index in [9.17, 15) is 5.11 Å². The normalized spacial score (nSPS) is 19.1. The number of hydrogen-bond donors (Lipinski definition) is 2. The molecule has 0 saturated carbocycles. The van der Waals surface area contributed by atoms with E-state index in [1.807, 2.05) is 25.2 Å². The lowest BCUT2D eigenvalue weighted by Gasteiger charge is -2.35. The number of nitrogens with two attached hydrogens (primary N) is 1. The summed E-state index contributed by atoms with van der Waals surface area (Å²) in [6, 6.07) is 7.88. The minimum absolute atomic E-state index is 0.604. The zero-order chi connectivity index (χ0) is 13.0. The predicted octanol–water partition coefficient (Wildman–Crippen LogP) is 1.24. The molecule has 4 nitrogen and oxygen atoms in total. The van der Waals surface area contributed by atoms with Crippen molar-refractivity contribution in [3.05, 3.63) is 29.8 Å². The molecule has 18 heavy (non-hydrogen) atoms. The molecule has 1 saturated heterocycles. The van der Waals surface area contributed by atoms with Crippen molar-refractivity contribution in [3.8, 4) is 0 Å². The van der Waals surface area contributed by atoms with Gasteiger partial charge in [-0.15, -0.1) is 0 Å². The van der Waals surface area contributed by atoms with Gasteiger partial charge in [0.1, 0.15) is 0 Å². The Morgan fingerprint density at radius 1 is 1.39 bits per heavy atom. The molecular weight excluding hydrogens is 228 g/mol. The molecule has 4 heteroatoms. The topological polar surface area (TPSA) is 58.7 Å². The molecule has 1 aliphatic rings. The molecular formula is C14H22N2O2. The number of benzene rings is 1. The van der Waals surface area contributed by atoms with Gasteiger partial charge in [-0.05, 0) is 24.7 Å². The summed E-state index contributed by atoms with van der Waals surface area (Å²) in [5.74, 6) is 0. The molecule has 2 rings (SSSR count). The maximum atomic E-state index is 10.4. The molecule has 1 aliphatic heterocycles. The van der Waals surface area contributed by atoms with Crippen LogP contribution in [0.1, 0.15) is 18.4 Å². The molecule has 1 aromatic carbocycles. The van der Waals surface area contributed by atoms with Gasteiger partial charge in [-0.25, -0.2) is 0 Å². The van der Waals surface area contributed by atoms with Crippen LogP contribution >= 0.6 is 0 Å². The third kappa shape index (κ3) is 3.70. The number of nitrogen functional groups attached to an aromatic ring is 1. The van der Waals surface area contributed by atoms with Crippen molar-refractivity contribution < 1.29 is 9.84 Å². The Balaban J connectivity index is 1.90. The van der Waals surface area contributed by atoms with Crippen LogP contribution in [-0.2, 0) is 11.3 Å². The lowest BCUT2D eigenvalue weighted by molar-refractivity contribution is -0.0777. The lowest BCUT2D eigenvalue weighted by Crippen LogP contribution is -2.45. The highest BCUT2D eigenvalue weighted by Crippen LogP contribution is 2.22. The second-order valence-corrected chi connectivity index (χ2v) is 5.25. The second-order valence-electron chi connectivity index (χ2n) is 5.25. The first-order valence-corrected chi connectivity index (χ1v) is 6.40. The predicted molar refractivity (Wildman–Crippen MR) is 72.2 cm³/mol. The molecule has 0 unspecified atom stereocenters. The van der Waals surface area contributed by atoms with Crippen molar-refractivity contribution >= 4 is 5.69 Å². The fourth-order valence-electron chi connectivity index (χ4n) is 2.47. The van der Waals surface area contributed by atoms with Crippen LogP contribution in [-0.4, -0.2) is 42.4 Å². The molecule has 100 valence electrons. The molecule has 1 fully saturated rings. The van der Waals surface area contributed by atoms with E-state index in [2.05, 4.69) is 11.0 Å². The van der Waals surface area contributed by atoms with Crippen LogP contribution in [0, 0.1) is 0 Å². The third-order valence-electron chi connectivity index (χ3n) is 3.39. The highest BCUT2D eigenvalue weighted by molar-refractivity contribution is 5.40. The molecule has 0 aromatic heterocycles. The van der Waals surface area contributed by atoms with Gasteiger partial charge in [0.15, 0.2) is 0 Å². The van der Waals surface area contributed by atoms with E-state index in [-0.39, 0.29) is 0 Å². The van der Waals surface area contributed by atoms with Gasteiger partial charge >= 0.3 is 0 Å². The number of likely N-dealkylation sites (N-methyl/N-ethyl adjacent to an activating group) is 1. The van der Waals surface area contributed by atoms with E-state index in [0.717, 1.165) is 12.2 Å². The van der Waals surface area contributed by atoms with Crippen molar-refractivity contribution in [2.75, 3.05) is 32.5 Å². The zero-order valence-electron chi connectivity index (χ0n) is 10.9. The third-order valence-corrected chi connectivity index (χ3v) is 3.39. The van der Waals surface area contributed by atoms with Gasteiger partial charge in [-0.1, -0.05) is 12.1 Å². The smallest absolute Gasteiger partial charge is 0.0817 e. The molecule has 1 aromatic rings. The lowest BCUT2D eigenvalue weighted by atomic mass is 9.94. The first-order valence-electron chi connectivity index (χ1n) is 6.40. The number of hydrogen-bond acceptors (Lipinski definition) is 4. The van der Waals surface area contributed by atoms with E-state index >= 15 is 0 Å². The van der Waals surface area contributed by atoms with Gasteiger partial charge in [-0.3, -0.25) is 4.90 Å². The molecule has 1 heterocycles. The minimum atomic E-state index is -0.604. The van der Waals surface area contributed by atoms with Crippen molar-refractivity contribution in [3.63, 3.8) is 0 Å². The largest absolute Gasteiger partial charge is 0.399 e. The van der Waals surface area contributed by atoms with Crippen molar-refractivity contribution in [2.24, 2.45) is 0 Å². The van der Waals surface area contributed by atoms with Crippen molar-refractivity contribution in [1.29, 1.82) is 0 Å². The van der Waals surface area contributed by atoms with Crippen LogP contribution in [0.5, 0.6) is 0 Å². The quantitative estimate of drug-likeness (QED) is 0.789. The van der Waals surface area contributed by atoms with Gasteiger partial charge in [0, 0.05) is 44.8 Å². The number of rotatable bonds is 4. The standard InChI is InChI=1S/C14H22N2O2/c1-16(10-12-3-2-4-13(15)9-12)11-14(17)5-7-18-8-6-14/h2-4,9,17H,5-8,10-11,15H2,1H3. The van der Waals surface area contributed by atoms with Crippen LogP contribution < -0.4 is 5.73 Å². The van der Waals surface area contributed by atoms with Crippen LogP contribution in [0.3, 0.4) is 0 Å². The SMILES string of the molecule is CN(Cc1cccc(N)c1)CC1(O)CCOCC1. The summed E-state index contributed by atoms with van der Waals surface area (Å²) >= 11 is 0. The number of ether oxygens (including phenoxy) is 1. The Labute approximate surface area is 108 Å². The van der Waals surface area contributed by atoms with E-state index in [1.54, 1.807) is 0 Å². The molecule has 0 atom stereocenters. The summed E-state index contributed by atoms with van der Waals surface area (Å²) in [6.07, 6.45) is 1.43. The summed E-state index contributed by atoms with van der Waals surface area (Å²) in [5, 5.41) is 10.4. The Hall–Kier alpha value is -1.10.